The van der Waals surface area contributed by atoms with Gasteiger partial charge in [0.2, 0.25) is 0 Å². The molecule has 0 unspecified atom stereocenters. The first-order valence-corrected chi connectivity index (χ1v) is 11.8. The van der Waals surface area contributed by atoms with Crippen molar-refractivity contribution in [2.75, 3.05) is 20.1 Å². The topological polar surface area (TPSA) is 75.0 Å². The highest BCUT2D eigenvalue weighted by atomic mass is 32.2. The Balaban J connectivity index is 1.52. The van der Waals surface area contributed by atoms with Gasteiger partial charge in [-0.2, -0.15) is 15.5 Å². The van der Waals surface area contributed by atoms with Crippen molar-refractivity contribution in [2.24, 2.45) is 5.92 Å². The summed E-state index contributed by atoms with van der Waals surface area (Å²) in [6, 6.07) is 7.10. The SMILES string of the molecule is Cc1c(-c2cc(Sc3ncccc3F)c3c(C#N)cnn3c2)cnn1CC1CCN(C)CC1. The summed E-state index contributed by atoms with van der Waals surface area (Å²) in [5.74, 6) is 0.226. The molecular formula is C24H24FN7S. The Labute approximate surface area is 195 Å². The van der Waals surface area contributed by atoms with E-state index in [9.17, 15) is 9.65 Å². The van der Waals surface area contributed by atoms with Crippen LogP contribution in [0.1, 0.15) is 24.1 Å². The summed E-state index contributed by atoms with van der Waals surface area (Å²) in [6.45, 7) is 5.24. The maximum Gasteiger partial charge on any atom is 0.155 e. The predicted octanol–water partition coefficient (Wildman–Crippen LogP) is 4.41. The van der Waals surface area contributed by atoms with Crippen LogP contribution in [0.3, 0.4) is 0 Å². The maximum absolute atomic E-state index is 14.3. The number of piperidine rings is 1. The number of hydrogen-bond acceptors (Lipinski definition) is 6. The Morgan fingerprint density at radius 3 is 2.82 bits per heavy atom. The van der Waals surface area contributed by atoms with Gasteiger partial charge in [0.1, 0.15) is 11.1 Å². The largest absolute Gasteiger partial charge is 0.306 e. The van der Waals surface area contributed by atoms with Gasteiger partial charge < -0.3 is 4.90 Å². The molecule has 9 heteroatoms. The number of pyridine rings is 2. The Bertz CT molecular complexity index is 1340. The van der Waals surface area contributed by atoms with Crippen molar-refractivity contribution in [3.05, 3.63) is 60.1 Å². The summed E-state index contributed by atoms with van der Waals surface area (Å²) < 4.78 is 18.1. The Morgan fingerprint density at radius 2 is 2.06 bits per heavy atom. The van der Waals surface area contributed by atoms with Gasteiger partial charge in [0.05, 0.1) is 23.5 Å². The monoisotopic (exact) mass is 461 g/mol. The molecule has 0 spiro atoms. The van der Waals surface area contributed by atoms with Gasteiger partial charge in [0.15, 0.2) is 5.82 Å². The first-order valence-electron chi connectivity index (χ1n) is 10.9. The number of nitrogens with zero attached hydrogens (tertiary/aromatic N) is 7. The highest BCUT2D eigenvalue weighted by Gasteiger charge is 2.21. The van der Waals surface area contributed by atoms with E-state index in [4.69, 9.17) is 0 Å². The van der Waals surface area contributed by atoms with Gasteiger partial charge in [-0.15, -0.1) is 0 Å². The van der Waals surface area contributed by atoms with Crippen LogP contribution < -0.4 is 0 Å². The molecule has 0 aromatic carbocycles. The summed E-state index contributed by atoms with van der Waals surface area (Å²) in [5.41, 5.74) is 4.09. The number of likely N-dealkylation sites (tertiary alicyclic amines) is 1. The van der Waals surface area contributed by atoms with E-state index in [2.05, 4.69) is 44.8 Å². The number of rotatable bonds is 5. The van der Waals surface area contributed by atoms with Crippen molar-refractivity contribution < 1.29 is 4.39 Å². The molecule has 33 heavy (non-hydrogen) atoms. The summed E-state index contributed by atoms with van der Waals surface area (Å²) in [6.07, 6.45) is 9.24. The van der Waals surface area contributed by atoms with E-state index < -0.39 is 5.82 Å². The van der Waals surface area contributed by atoms with E-state index in [1.807, 2.05) is 18.5 Å². The molecule has 5 rings (SSSR count). The molecule has 0 saturated carbocycles. The van der Waals surface area contributed by atoms with Crippen molar-refractivity contribution in [1.82, 2.24) is 29.3 Å². The maximum atomic E-state index is 14.3. The van der Waals surface area contributed by atoms with Gasteiger partial charge in [-0.05, 0) is 64.0 Å². The number of nitriles is 1. The van der Waals surface area contributed by atoms with E-state index in [1.54, 1.807) is 16.8 Å². The fourth-order valence-corrected chi connectivity index (χ4v) is 5.32. The molecule has 0 atom stereocenters. The van der Waals surface area contributed by atoms with Crippen LogP contribution >= 0.6 is 11.8 Å². The average molecular weight is 462 g/mol. The number of fused-ring (bicyclic) bond motifs is 1. The zero-order valence-corrected chi connectivity index (χ0v) is 19.4. The normalized spacial score (nSPS) is 15.2. The van der Waals surface area contributed by atoms with E-state index in [0.29, 0.717) is 17.0 Å². The molecule has 1 aliphatic heterocycles. The van der Waals surface area contributed by atoms with Gasteiger partial charge in [0.25, 0.3) is 0 Å². The number of hydrogen-bond donors (Lipinski definition) is 0. The average Bonchev–Trinajstić information content (AvgIpc) is 3.40. The Hall–Kier alpha value is -3.22. The second kappa shape index (κ2) is 8.96. The third-order valence-electron chi connectivity index (χ3n) is 6.31. The van der Waals surface area contributed by atoms with Crippen molar-refractivity contribution in [1.29, 1.82) is 5.26 Å². The molecular weight excluding hydrogens is 437 g/mol. The van der Waals surface area contributed by atoms with Crippen LogP contribution in [0.2, 0.25) is 0 Å². The smallest absolute Gasteiger partial charge is 0.155 e. The lowest BCUT2D eigenvalue weighted by molar-refractivity contribution is 0.200. The standard InChI is InChI=1S/C24H24FN7S/c1-16-20(13-29-31(16)14-17-5-8-30(2)9-6-17)18-10-22(33-24-21(25)4-3-7-27-24)23-19(11-26)12-28-32(23)15-18/h3-4,7,10,12-13,15,17H,5-6,8-9,14H2,1-2H3. The number of aromatic nitrogens is 5. The first-order chi connectivity index (χ1) is 16.0. The lowest BCUT2D eigenvalue weighted by Gasteiger charge is -2.29. The van der Waals surface area contributed by atoms with Crippen LogP contribution in [0.4, 0.5) is 4.39 Å². The lowest BCUT2D eigenvalue weighted by Crippen LogP contribution is -2.32. The molecule has 4 aromatic rings. The fourth-order valence-electron chi connectivity index (χ4n) is 4.34. The van der Waals surface area contributed by atoms with E-state index >= 15 is 0 Å². The Kier molecular flexibility index (Phi) is 5.87. The molecule has 0 bridgehead atoms. The van der Waals surface area contributed by atoms with Crippen LogP contribution in [0, 0.1) is 30.0 Å². The molecule has 0 amide bonds. The third-order valence-corrected chi connectivity index (χ3v) is 7.34. The summed E-state index contributed by atoms with van der Waals surface area (Å²) in [4.78, 5) is 7.27. The van der Waals surface area contributed by atoms with E-state index in [1.165, 1.54) is 36.9 Å². The van der Waals surface area contributed by atoms with Crippen molar-refractivity contribution >= 4 is 17.3 Å². The van der Waals surface area contributed by atoms with Crippen LogP contribution in [-0.2, 0) is 6.54 Å². The van der Waals surface area contributed by atoms with Crippen LogP contribution in [0.15, 0.2) is 52.9 Å². The van der Waals surface area contributed by atoms with Crippen molar-refractivity contribution in [2.45, 2.75) is 36.2 Å². The van der Waals surface area contributed by atoms with E-state index in [0.717, 1.165) is 41.4 Å². The lowest BCUT2D eigenvalue weighted by atomic mass is 9.97. The molecule has 5 heterocycles. The van der Waals surface area contributed by atoms with Crippen LogP contribution in [0.5, 0.6) is 0 Å². The van der Waals surface area contributed by atoms with Crippen molar-refractivity contribution in [3.8, 4) is 17.2 Å². The highest BCUT2D eigenvalue weighted by molar-refractivity contribution is 7.99. The van der Waals surface area contributed by atoms with Crippen LogP contribution in [-0.4, -0.2) is 49.4 Å². The van der Waals surface area contributed by atoms with Gasteiger partial charge in [-0.1, -0.05) is 11.8 Å². The molecule has 1 fully saturated rings. The zero-order chi connectivity index (χ0) is 22.9. The molecule has 0 N–H and O–H groups in total. The predicted molar refractivity (Wildman–Crippen MR) is 124 cm³/mol. The minimum Gasteiger partial charge on any atom is -0.306 e. The van der Waals surface area contributed by atoms with Gasteiger partial charge >= 0.3 is 0 Å². The van der Waals surface area contributed by atoms with Gasteiger partial charge in [-0.3, -0.25) is 4.68 Å². The van der Waals surface area contributed by atoms with Gasteiger partial charge in [0, 0.05) is 40.7 Å². The van der Waals surface area contributed by atoms with Gasteiger partial charge in [-0.25, -0.2) is 13.9 Å². The Morgan fingerprint density at radius 1 is 1.24 bits per heavy atom. The molecule has 168 valence electrons. The summed E-state index contributed by atoms with van der Waals surface area (Å²) >= 11 is 1.20. The third kappa shape index (κ3) is 4.24. The fraction of sp³-hybridized carbons (Fsp3) is 0.333. The molecule has 7 nitrogen and oxygen atoms in total. The van der Waals surface area contributed by atoms with Crippen molar-refractivity contribution in [3.63, 3.8) is 0 Å². The number of halogens is 1. The summed E-state index contributed by atoms with van der Waals surface area (Å²) in [7, 11) is 2.17. The second-order valence-electron chi connectivity index (χ2n) is 8.52. The van der Waals surface area contributed by atoms with Crippen LogP contribution in [0.25, 0.3) is 16.6 Å². The van der Waals surface area contributed by atoms with E-state index in [-0.39, 0.29) is 5.03 Å². The molecule has 0 aliphatic carbocycles. The minimum absolute atomic E-state index is 0.260. The minimum atomic E-state index is -0.397. The molecule has 4 aromatic heterocycles. The molecule has 1 aliphatic rings. The quantitative estimate of drug-likeness (QED) is 0.438. The molecule has 0 radical (unpaired) electrons. The highest BCUT2D eigenvalue weighted by Crippen LogP contribution is 2.36. The first kappa shape index (κ1) is 21.6. The zero-order valence-electron chi connectivity index (χ0n) is 18.6. The summed E-state index contributed by atoms with van der Waals surface area (Å²) in [5, 5.41) is 18.9. The second-order valence-corrected chi connectivity index (χ2v) is 9.55. The molecule has 1 saturated heterocycles.